The molecule has 0 nitrogen and oxygen atoms in total. The van der Waals surface area contributed by atoms with Crippen molar-refractivity contribution in [1.29, 1.82) is 0 Å². The molecule has 7 rings (SSSR count). The maximum atomic E-state index is 13.2. The van der Waals surface area contributed by atoms with Crippen molar-refractivity contribution in [2.75, 3.05) is 0 Å². The molecule has 4 aromatic rings. The number of rotatable bonds is 2. The number of alkyl halides is 9. The van der Waals surface area contributed by atoms with Crippen LogP contribution in [0.2, 0.25) is 13.1 Å². The second-order valence-electron chi connectivity index (χ2n) is 11.1. The SMILES string of the molecule is CC1=C2c3ccsc3C1[Si]2(C)C.Cc1cc2c(-c3ccc(C(C(F)(F)F)(C(F)(F)F)C(F)(F)F)cc3)cccc2[cH-]1.[Cl-].[Cl-].[Zr+3]. The Balaban J connectivity index is 0.000000376. The van der Waals surface area contributed by atoms with Crippen LogP contribution >= 0.6 is 11.3 Å². The van der Waals surface area contributed by atoms with Gasteiger partial charge in [0.05, 0.1) is 8.07 Å². The predicted octanol–water partition coefficient (Wildman–Crippen LogP) is 4.88. The van der Waals surface area contributed by atoms with Crippen LogP contribution in [-0.4, -0.2) is 26.6 Å². The average molecular weight is 778 g/mol. The standard InChI is InChI=1S/C20H12F9.C10H12SSi.2ClH.Zr/c1-11-9-13-3-2-4-15(16(13)10-11)12-5-7-14(8-6-12)17(18(21,22)23,19(24,25)26)20(27,28)29;1-6-9-7-4-5-11-8(7)10(6)12(9,2)3;;;/h2-10H,1H3;4-5,10H,1-3H3;2*1H;/q-1;;;;+3/p-2. The Morgan fingerprint density at radius 2 is 1.30 bits per heavy atom. The van der Waals surface area contributed by atoms with E-state index in [0.29, 0.717) is 10.9 Å². The zero-order chi connectivity index (χ0) is 30.3. The van der Waals surface area contributed by atoms with Gasteiger partial charge in [-0.05, 0) is 35.1 Å². The molecule has 14 heteroatoms. The Bertz CT molecular complexity index is 1630. The van der Waals surface area contributed by atoms with Gasteiger partial charge < -0.3 is 24.8 Å². The van der Waals surface area contributed by atoms with Crippen molar-refractivity contribution in [2.45, 2.75) is 56.4 Å². The van der Waals surface area contributed by atoms with Crippen LogP contribution in [0, 0.1) is 6.92 Å². The Kier molecular flexibility index (Phi) is 11.1. The molecule has 1 aliphatic carbocycles. The zero-order valence-electron chi connectivity index (χ0n) is 23.5. The fourth-order valence-electron chi connectivity index (χ4n) is 6.60. The number of aryl methyl sites for hydroxylation is 1. The smallest absolute Gasteiger partial charge is 1.00 e. The van der Waals surface area contributed by atoms with E-state index in [1.54, 1.807) is 52.4 Å². The third kappa shape index (κ3) is 5.69. The molecular formula is C30H24Cl2F9SSiZr. The van der Waals surface area contributed by atoms with Crippen LogP contribution in [0.5, 0.6) is 0 Å². The zero-order valence-corrected chi connectivity index (χ0v) is 29.3. The minimum atomic E-state index is -6.63. The number of allylic oxidation sites excluding steroid dienone is 1. The van der Waals surface area contributed by atoms with Crippen molar-refractivity contribution in [3.63, 3.8) is 0 Å². The van der Waals surface area contributed by atoms with Gasteiger partial charge in [-0.1, -0.05) is 66.7 Å². The van der Waals surface area contributed by atoms with Gasteiger partial charge in [0.25, 0.3) is 5.41 Å². The molecule has 2 bridgehead atoms. The number of fused-ring (bicyclic) bond motifs is 1. The summed E-state index contributed by atoms with van der Waals surface area (Å²) >= 11 is 1.96. The van der Waals surface area contributed by atoms with Crippen LogP contribution in [0.25, 0.3) is 27.1 Å². The minimum Gasteiger partial charge on any atom is -1.00 e. The molecule has 44 heavy (non-hydrogen) atoms. The molecule has 3 heterocycles. The van der Waals surface area contributed by atoms with E-state index >= 15 is 0 Å². The van der Waals surface area contributed by atoms with Gasteiger partial charge in [0.15, 0.2) is 0 Å². The first-order valence-corrected chi connectivity index (χ1v) is 16.6. The Labute approximate surface area is 285 Å². The molecule has 1 unspecified atom stereocenters. The Morgan fingerprint density at radius 3 is 1.77 bits per heavy atom. The van der Waals surface area contributed by atoms with E-state index in [2.05, 4.69) is 31.5 Å². The molecule has 1 aromatic heterocycles. The number of halogens is 11. The molecule has 1 atom stereocenters. The van der Waals surface area contributed by atoms with Gasteiger partial charge in [-0.2, -0.15) is 45.6 Å². The summed E-state index contributed by atoms with van der Waals surface area (Å²) in [5, 5.41) is 5.49. The van der Waals surface area contributed by atoms with E-state index in [-0.39, 0.29) is 68.7 Å². The van der Waals surface area contributed by atoms with E-state index in [4.69, 9.17) is 0 Å². The van der Waals surface area contributed by atoms with E-state index in [9.17, 15) is 39.5 Å². The molecule has 3 aromatic carbocycles. The van der Waals surface area contributed by atoms with Gasteiger partial charge in [0.2, 0.25) is 0 Å². The summed E-state index contributed by atoms with van der Waals surface area (Å²) in [6.07, 6.45) is -19.9. The second-order valence-corrected chi connectivity index (χ2v) is 16.5. The third-order valence-electron chi connectivity index (χ3n) is 8.22. The molecule has 0 amide bonds. The van der Waals surface area contributed by atoms with E-state index in [1.807, 2.05) is 17.4 Å². The molecular weight excluding hydrogens is 754 g/mol. The van der Waals surface area contributed by atoms with Crippen LogP contribution in [0.15, 0.2) is 71.6 Å². The third-order valence-corrected chi connectivity index (χ3v) is 13.5. The molecule has 1 radical (unpaired) electrons. The largest absolute Gasteiger partial charge is 3.00 e. The van der Waals surface area contributed by atoms with Gasteiger partial charge in [-0.3, -0.25) is 0 Å². The summed E-state index contributed by atoms with van der Waals surface area (Å²) < 4.78 is 119. The van der Waals surface area contributed by atoms with Gasteiger partial charge in [-0.25, -0.2) is 0 Å². The van der Waals surface area contributed by atoms with Gasteiger partial charge in [0.1, 0.15) is 0 Å². The summed E-state index contributed by atoms with van der Waals surface area (Å²) in [6, 6.07) is 13.0. The van der Waals surface area contributed by atoms with Crippen LogP contribution in [0.4, 0.5) is 39.5 Å². The first-order chi connectivity index (χ1) is 18.8. The molecule has 0 spiro atoms. The number of hydrogen-bond acceptors (Lipinski definition) is 1. The van der Waals surface area contributed by atoms with E-state index in [1.165, 1.54) is 0 Å². The van der Waals surface area contributed by atoms with Crippen molar-refractivity contribution >= 4 is 35.4 Å². The first-order valence-electron chi connectivity index (χ1n) is 12.6. The molecule has 0 N–H and O–H groups in total. The van der Waals surface area contributed by atoms with Crippen molar-refractivity contribution in [2.24, 2.45) is 0 Å². The fourth-order valence-corrected chi connectivity index (χ4v) is 12.9. The normalized spacial score (nSPS) is 17.0. The molecule has 235 valence electrons. The summed E-state index contributed by atoms with van der Waals surface area (Å²) in [7, 11) is -0.972. The maximum absolute atomic E-state index is 13.2. The number of thiophene rings is 1. The topological polar surface area (TPSA) is 0 Å². The maximum Gasteiger partial charge on any atom is 3.00 e. The van der Waals surface area contributed by atoms with Crippen molar-refractivity contribution in [3.05, 3.63) is 93.2 Å². The van der Waals surface area contributed by atoms with Crippen molar-refractivity contribution < 1.29 is 90.5 Å². The van der Waals surface area contributed by atoms with Crippen LogP contribution < -0.4 is 24.8 Å². The molecule has 2 aliphatic heterocycles. The van der Waals surface area contributed by atoms with Crippen LogP contribution in [0.3, 0.4) is 0 Å². The number of hydrogen-bond donors (Lipinski definition) is 0. The van der Waals surface area contributed by atoms with E-state index < -0.39 is 37.6 Å². The van der Waals surface area contributed by atoms with Gasteiger partial charge in [-0.15, -0.1) is 45.9 Å². The van der Waals surface area contributed by atoms with Gasteiger partial charge in [0, 0.05) is 10.4 Å². The van der Waals surface area contributed by atoms with Crippen LogP contribution in [0.1, 0.15) is 34.0 Å². The Hall–Kier alpha value is -1.46. The minimum absolute atomic E-state index is 0. The molecule has 3 aliphatic rings. The molecule has 0 saturated carbocycles. The van der Waals surface area contributed by atoms with Crippen molar-refractivity contribution in [1.82, 2.24) is 0 Å². The summed E-state index contributed by atoms with van der Waals surface area (Å²) in [6.45, 7) is 9.14. The van der Waals surface area contributed by atoms with Crippen LogP contribution in [-0.2, 0) is 31.6 Å². The van der Waals surface area contributed by atoms with Crippen molar-refractivity contribution in [3.8, 4) is 11.1 Å². The second kappa shape index (κ2) is 12.6. The quantitative estimate of drug-likeness (QED) is 0.155. The predicted molar refractivity (Wildman–Crippen MR) is 147 cm³/mol. The molecule has 0 saturated heterocycles. The first kappa shape index (κ1) is 38.7. The average Bonchev–Trinajstić information content (AvgIpc) is 3.53. The number of benzene rings is 2. The molecule has 0 fully saturated rings. The Morgan fingerprint density at radius 1 is 0.750 bits per heavy atom. The summed E-state index contributed by atoms with van der Waals surface area (Å²) in [5.74, 6) is 0. The monoisotopic (exact) mass is 775 g/mol. The fraction of sp³-hybridized carbons (Fsp3) is 0.300. The van der Waals surface area contributed by atoms with E-state index in [0.717, 1.165) is 28.6 Å². The summed E-state index contributed by atoms with van der Waals surface area (Å²) in [4.78, 5) is 1.68. The van der Waals surface area contributed by atoms with Gasteiger partial charge >= 0.3 is 44.7 Å². The summed E-state index contributed by atoms with van der Waals surface area (Å²) in [5.41, 5.74) is -2.15.